The fourth-order valence-electron chi connectivity index (χ4n) is 1.27. The van der Waals surface area contributed by atoms with Crippen LogP contribution in [0.25, 0.3) is 10.9 Å². The Morgan fingerprint density at radius 3 is 2.00 bits per heavy atom. The van der Waals surface area contributed by atoms with Crippen molar-refractivity contribution in [3.8, 4) is 0 Å². The Bertz CT molecular complexity index is 434. The van der Waals surface area contributed by atoms with Gasteiger partial charge in [-0.2, -0.15) is 0 Å². The first kappa shape index (κ1) is 15.3. The van der Waals surface area contributed by atoms with Gasteiger partial charge in [0.15, 0.2) is 0 Å². The Morgan fingerprint density at radius 2 is 1.47 bits per heavy atom. The summed E-state index contributed by atoms with van der Waals surface area (Å²) < 4.78 is 8.97. The molecule has 5 heteroatoms. The van der Waals surface area contributed by atoms with Gasteiger partial charge in [0.25, 0.3) is 0 Å². The van der Waals surface area contributed by atoms with Gasteiger partial charge in [-0.25, -0.2) is 0 Å². The summed E-state index contributed by atoms with van der Waals surface area (Å²) in [5, 5.41) is 1.28. The zero-order chi connectivity index (χ0) is 11.6. The van der Waals surface area contributed by atoms with Gasteiger partial charge < -0.3 is 9.97 Å². The summed E-state index contributed by atoms with van der Waals surface area (Å²) >= 11 is 3.14. The second-order valence-electron chi connectivity index (χ2n) is 2.95. The average molecular weight is 253 g/mol. The Labute approximate surface area is 107 Å². The molecule has 0 saturated carbocycles. The minimum atomic E-state index is 0. The summed E-state index contributed by atoms with van der Waals surface area (Å²) in [5.74, 6) is 0. The van der Waals surface area contributed by atoms with Gasteiger partial charge in [0.1, 0.15) is 12.0 Å². The summed E-state index contributed by atoms with van der Waals surface area (Å²) in [5.41, 5.74) is 1.21. The van der Waals surface area contributed by atoms with Crippen molar-refractivity contribution in [2.75, 3.05) is 0 Å². The maximum atomic E-state index is 8.97. The molecule has 0 fully saturated rings. The van der Waals surface area contributed by atoms with Crippen molar-refractivity contribution < 1.29 is 3.98 Å². The lowest BCUT2D eigenvalue weighted by Crippen LogP contribution is -1.61. The number of hydrogen-bond acceptors (Lipinski definition) is 0. The summed E-state index contributed by atoms with van der Waals surface area (Å²) in [6.45, 7) is 0. The normalized spacial score (nSPS) is 8.12. The van der Waals surface area contributed by atoms with E-state index in [0.29, 0.717) is 0 Å². The molecule has 2 heterocycles. The molecule has 90 valence electrons. The van der Waals surface area contributed by atoms with E-state index in [4.69, 9.17) is 3.98 Å². The highest BCUT2D eigenvalue weighted by Gasteiger charge is 1.86. The third kappa shape index (κ3) is 5.27. The SMILES string of the molecule is B.FCl.c1cc[nH]c1.c1ccc2[nH]ccc2c1. The molecule has 2 nitrogen and oxygen atoms in total. The number of H-pyrrole nitrogens is 2. The van der Waals surface area contributed by atoms with E-state index >= 15 is 0 Å². The molecule has 1 aromatic carbocycles. The van der Waals surface area contributed by atoms with E-state index in [1.165, 1.54) is 10.9 Å². The molecular weight excluding hydrogens is 237 g/mol. The molecule has 0 amide bonds. The van der Waals surface area contributed by atoms with Crippen LogP contribution in [0.1, 0.15) is 0 Å². The Hall–Kier alpha value is -1.68. The van der Waals surface area contributed by atoms with Crippen LogP contribution in [-0.2, 0) is 0 Å². The fraction of sp³-hybridized carbons (Fsp3) is 0. The number of benzene rings is 1. The number of para-hydroxylation sites is 1. The molecule has 3 rings (SSSR count). The molecule has 2 N–H and O–H groups in total. The van der Waals surface area contributed by atoms with Gasteiger partial charge in [0.2, 0.25) is 0 Å². The molecule has 0 atom stereocenters. The third-order valence-electron chi connectivity index (χ3n) is 1.96. The lowest BCUT2D eigenvalue weighted by atomic mass is 10.3. The smallest absolute Gasteiger partial charge is 0.116 e. The summed E-state index contributed by atoms with van der Waals surface area (Å²) in [6.07, 6.45) is 5.70. The van der Waals surface area contributed by atoms with Crippen LogP contribution in [0.5, 0.6) is 0 Å². The van der Waals surface area contributed by atoms with Crippen molar-refractivity contribution in [1.29, 1.82) is 0 Å². The number of halogens is 2. The molecule has 0 unspecified atom stereocenters. The average Bonchev–Trinajstić information content (AvgIpc) is 3.06. The molecule has 2 aromatic heterocycles. The number of fused-ring (bicyclic) bond motifs is 1. The first-order chi connectivity index (χ1) is 7.97. The summed E-state index contributed by atoms with van der Waals surface area (Å²) in [6, 6.07) is 14.2. The maximum Gasteiger partial charge on any atom is 0.116 e. The van der Waals surface area contributed by atoms with E-state index in [1.807, 2.05) is 42.9 Å². The van der Waals surface area contributed by atoms with Crippen molar-refractivity contribution in [2.24, 2.45) is 0 Å². The predicted molar refractivity (Wildman–Crippen MR) is 76.0 cm³/mol. The quantitative estimate of drug-likeness (QED) is 0.576. The van der Waals surface area contributed by atoms with Crippen LogP contribution in [0.3, 0.4) is 0 Å². The van der Waals surface area contributed by atoms with Gasteiger partial charge >= 0.3 is 0 Å². The van der Waals surface area contributed by atoms with Crippen LogP contribution in [0.15, 0.2) is 61.1 Å². The molecule has 3 aromatic rings. The van der Waals surface area contributed by atoms with Crippen LogP contribution in [0.2, 0.25) is 0 Å². The van der Waals surface area contributed by atoms with Crippen LogP contribution < -0.4 is 0 Å². The highest BCUT2D eigenvalue weighted by Crippen LogP contribution is 2.09. The fourth-order valence-corrected chi connectivity index (χ4v) is 1.27. The van der Waals surface area contributed by atoms with Crippen molar-refractivity contribution in [3.63, 3.8) is 0 Å². The third-order valence-corrected chi connectivity index (χ3v) is 1.96. The monoisotopic (exact) mass is 252 g/mol. The van der Waals surface area contributed by atoms with E-state index in [0.717, 1.165) is 0 Å². The van der Waals surface area contributed by atoms with Gasteiger partial charge in [-0.1, -0.05) is 18.2 Å². The van der Waals surface area contributed by atoms with Gasteiger partial charge in [-0.05, 0) is 29.7 Å². The Balaban J connectivity index is 0.000000277. The minimum Gasteiger partial charge on any atom is -0.368 e. The number of rotatable bonds is 0. The number of hydrogen-bond donors (Lipinski definition) is 2. The molecule has 0 saturated heterocycles. The van der Waals surface area contributed by atoms with Crippen molar-refractivity contribution in [2.45, 2.75) is 0 Å². The maximum absolute atomic E-state index is 8.97. The molecule has 0 aliphatic heterocycles. The van der Waals surface area contributed by atoms with Crippen LogP contribution >= 0.6 is 12.0 Å². The summed E-state index contributed by atoms with van der Waals surface area (Å²) in [7, 11) is 0. The molecule has 0 spiro atoms. The Kier molecular flexibility index (Phi) is 8.60. The van der Waals surface area contributed by atoms with Gasteiger partial charge in [-0.3, -0.25) is 0 Å². The molecular formula is C12H15BClFN2. The van der Waals surface area contributed by atoms with Gasteiger partial charge in [0.05, 0.1) is 8.41 Å². The highest BCUT2D eigenvalue weighted by atomic mass is 35.5. The van der Waals surface area contributed by atoms with E-state index in [2.05, 4.69) is 40.1 Å². The van der Waals surface area contributed by atoms with Gasteiger partial charge in [-0.15, -0.1) is 3.98 Å². The zero-order valence-corrected chi connectivity index (χ0v) is 9.29. The van der Waals surface area contributed by atoms with Gasteiger partial charge in [0, 0.05) is 24.1 Å². The predicted octanol–water partition coefficient (Wildman–Crippen LogP) is 3.11. The molecule has 0 aliphatic carbocycles. The van der Waals surface area contributed by atoms with Crippen molar-refractivity contribution >= 4 is 31.3 Å². The first-order valence-corrected chi connectivity index (χ1v) is 4.99. The largest absolute Gasteiger partial charge is 0.368 e. The van der Waals surface area contributed by atoms with E-state index in [1.54, 1.807) is 0 Å². The topological polar surface area (TPSA) is 31.6 Å². The highest BCUT2D eigenvalue weighted by molar-refractivity contribution is 6.06. The van der Waals surface area contributed by atoms with E-state index in [9.17, 15) is 0 Å². The van der Waals surface area contributed by atoms with Crippen LogP contribution in [0.4, 0.5) is 3.98 Å². The lowest BCUT2D eigenvalue weighted by molar-refractivity contribution is 0.906. The number of aromatic amines is 2. The Morgan fingerprint density at radius 1 is 0.824 bits per heavy atom. The minimum absolute atomic E-state index is 0. The lowest BCUT2D eigenvalue weighted by Gasteiger charge is -1.83. The zero-order valence-electron chi connectivity index (χ0n) is 8.53. The second-order valence-corrected chi connectivity index (χ2v) is 2.95. The molecule has 0 radical (unpaired) electrons. The first-order valence-electron chi connectivity index (χ1n) is 4.71. The van der Waals surface area contributed by atoms with E-state index < -0.39 is 0 Å². The van der Waals surface area contributed by atoms with Crippen molar-refractivity contribution in [3.05, 3.63) is 61.1 Å². The molecule has 17 heavy (non-hydrogen) atoms. The van der Waals surface area contributed by atoms with Crippen molar-refractivity contribution in [1.82, 2.24) is 9.97 Å². The number of aromatic nitrogens is 2. The number of nitrogens with one attached hydrogen (secondary N) is 2. The molecule has 0 bridgehead atoms. The van der Waals surface area contributed by atoms with Crippen LogP contribution in [0, 0.1) is 0 Å². The molecule has 0 aliphatic rings. The summed E-state index contributed by atoms with van der Waals surface area (Å²) in [4.78, 5) is 5.98. The standard InChI is InChI=1S/C8H7N.C4H5N.BH3.ClF/c1-2-4-8-7(3-1)5-6-9-8;1-2-4-5-3-1;;1-2/h1-6,9H;1-5H;1H3;. The van der Waals surface area contributed by atoms with E-state index in [-0.39, 0.29) is 8.41 Å². The van der Waals surface area contributed by atoms with Crippen LogP contribution in [-0.4, -0.2) is 18.4 Å². The second kappa shape index (κ2) is 9.54.